The van der Waals surface area contributed by atoms with Crippen molar-refractivity contribution in [1.29, 1.82) is 0 Å². The third-order valence-electron chi connectivity index (χ3n) is 2.56. The lowest BCUT2D eigenvalue weighted by Crippen LogP contribution is -2.18. The molecule has 0 saturated carbocycles. The van der Waals surface area contributed by atoms with Crippen LogP contribution in [0.1, 0.15) is 11.6 Å². The summed E-state index contributed by atoms with van der Waals surface area (Å²) < 4.78 is 6.61. The largest absolute Gasteiger partial charge is 0.508 e. The van der Waals surface area contributed by atoms with Gasteiger partial charge in [-0.1, -0.05) is 28.1 Å². The van der Waals surface area contributed by atoms with Crippen LogP contribution in [0.25, 0.3) is 0 Å². The van der Waals surface area contributed by atoms with Crippen LogP contribution in [0.4, 0.5) is 0 Å². The Hall–Kier alpha value is -1.52. The molecule has 94 valence electrons. The van der Waals surface area contributed by atoms with Crippen molar-refractivity contribution in [3.8, 4) is 11.5 Å². The number of phenolic OH excluding ortho intramolecular Hbond substituents is 1. The lowest BCUT2D eigenvalue weighted by atomic mass is 10.1. The SMILES string of the molecule is NC(COc1ccc(Br)cc1)c1ccc(O)cc1. The highest BCUT2D eigenvalue weighted by Crippen LogP contribution is 2.19. The van der Waals surface area contributed by atoms with Crippen molar-refractivity contribution in [3.63, 3.8) is 0 Å². The number of phenols is 1. The highest BCUT2D eigenvalue weighted by Gasteiger charge is 2.06. The smallest absolute Gasteiger partial charge is 0.119 e. The third-order valence-corrected chi connectivity index (χ3v) is 3.09. The Balaban J connectivity index is 1.93. The second-order valence-electron chi connectivity index (χ2n) is 3.96. The van der Waals surface area contributed by atoms with E-state index in [0.29, 0.717) is 6.61 Å². The van der Waals surface area contributed by atoms with Crippen LogP contribution < -0.4 is 10.5 Å². The monoisotopic (exact) mass is 307 g/mol. The fraction of sp³-hybridized carbons (Fsp3) is 0.143. The topological polar surface area (TPSA) is 55.5 Å². The lowest BCUT2D eigenvalue weighted by molar-refractivity contribution is 0.290. The van der Waals surface area contributed by atoms with Crippen LogP contribution in [-0.2, 0) is 0 Å². The molecule has 0 aromatic heterocycles. The van der Waals surface area contributed by atoms with Gasteiger partial charge in [0.1, 0.15) is 18.1 Å². The molecule has 0 saturated heterocycles. The molecule has 18 heavy (non-hydrogen) atoms. The quantitative estimate of drug-likeness (QED) is 0.912. The Labute approximate surface area is 114 Å². The first-order valence-electron chi connectivity index (χ1n) is 5.58. The van der Waals surface area contributed by atoms with E-state index in [9.17, 15) is 5.11 Å². The number of nitrogens with two attached hydrogens (primary N) is 1. The van der Waals surface area contributed by atoms with Crippen molar-refractivity contribution in [2.75, 3.05) is 6.61 Å². The van der Waals surface area contributed by atoms with Crippen molar-refractivity contribution >= 4 is 15.9 Å². The Bertz CT molecular complexity index is 496. The van der Waals surface area contributed by atoms with E-state index < -0.39 is 0 Å². The summed E-state index contributed by atoms with van der Waals surface area (Å²) in [6, 6.07) is 14.2. The predicted octanol–water partition coefficient (Wildman–Crippen LogP) is 3.23. The fourth-order valence-corrected chi connectivity index (χ4v) is 1.80. The van der Waals surface area contributed by atoms with Crippen LogP contribution in [-0.4, -0.2) is 11.7 Å². The van der Waals surface area contributed by atoms with Crippen molar-refractivity contribution in [2.24, 2.45) is 5.73 Å². The molecular formula is C14H14BrNO2. The minimum Gasteiger partial charge on any atom is -0.508 e. The van der Waals surface area contributed by atoms with Gasteiger partial charge in [0.05, 0.1) is 6.04 Å². The molecule has 0 aliphatic rings. The Morgan fingerprint density at radius 3 is 2.28 bits per heavy atom. The zero-order chi connectivity index (χ0) is 13.0. The predicted molar refractivity (Wildman–Crippen MR) is 74.7 cm³/mol. The van der Waals surface area contributed by atoms with Gasteiger partial charge in [0.15, 0.2) is 0 Å². The molecule has 0 bridgehead atoms. The molecule has 1 atom stereocenters. The van der Waals surface area contributed by atoms with Crippen molar-refractivity contribution in [1.82, 2.24) is 0 Å². The standard InChI is InChI=1S/C14H14BrNO2/c15-11-3-7-13(8-4-11)18-9-14(16)10-1-5-12(17)6-2-10/h1-8,14,17H,9,16H2. The highest BCUT2D eigenvalue weighted by atomic mass is 79.9. The number of ether oxygens (including phenoxy) is 1. The maximum absolute atomic E-state index is 9.20. The molecule has 0 radical (unpaired) electrons. The maximum Gasteiger partial charge on any atom is 0.119 e. The minimum absolute atomic E-state index is 0.214. The van der Waals surface area contributed by atoms with Gasteiger partial charge in [-0.3, -0.25) is 0 Å². The van der Waals surface area contributed by atoms with Crippen LogP contribution in [0.3, 0.4) is 0 Å². The summed E-state index contributed by atoms with van der Waals surface area (Å²) in [5.74, 6) is 1.02. The van der Waals surface area contributed by atoms with Gasteiger partial charge in [-0.25, -0.2) is 0 Å². The average Bonchev–Trinajstić information content (AvgIpc) is 2.38. The summed E-state index contributed by atoms with van der Waals surface area (Å²) in [5, 5.41) is 9.20. The second-order valence-corrected chi connectivity index (χ2v) is 4.88. The lowest BCUT2D eigenvalue weighted by Gasteiger charge is -2.13. The van der Waals surface area contributed by atoms with Gasteiger partial charge in [0.2, 0.25) is 0 Å². The van der Waals surface area contributed by atoms with Crippen LogP contribution >= 0.6 is 15.9 Å². The summed E-state index contributed by atoms with van der Waals surface area (Å²) in [6.07, 6.45) is 0. The van der Waals surface area contributed by atoms with E-state index in [-0.39, 0.29) is 11.8 Å². The summed E-state index contributed by atoms with van der Waals surface area (Å²) in [7, 11) is 0. The maximum atomic E-state index is 9.20. The van der Waals surface area contributed by atoms with Crippen molar-refractivity contribution < 1.29 is 9.84 Å². The Morgan fingerprint density at radius 1 is 1.06 bits per heavy atom. The van der Waals surface area contributed by atoms with E-state index >= 15 is 0 Å². The zero-order valence-electron chi connectivity index (χ0n) is 9.71. The van der Waals surface area contributed by atoms with Gasteiger partial charge in [-0.05, 0) is 42.0 Å². The van der Waals surface area contributed by atoms with Crippen LogP contribution in [0.15, 0.2) is 53.0 Å². The average molecular weight is 308 g/mol. The summed E-state index contributed by atoms with van der Waals surface area (Å²) in [5.41, 5.74) is 6.94. The van der Waals surface area contributed by atoms with Gasteiger partial charge < -0.3 is 15.6 Å². The summed E-state index contributed by atoms with van der Waals surface area (Å²) in [4.78, 5) is 0. The number of hydrogen-bond acceptors (Lipinski definition) is 3. The third kappa shape index (κ3) is 3.48. The summed E-state index contributed by atoms with van der Waals surface area (Å²) in [6.45, 7) is 0.395. The first-order valence-corrected chi connectivity index (χ1v) is 6.37. The molecule has 0 aliphatic carbocycles. The Morgan fingerprint density at radius 2 is 1.67 bits per heavy atom. The highest BCUT2D eigenvalue weighted by molar-refractivity contribution is 9.10. The molecule has 0 spiro atoms. The van der Waals surface area contributed by atoms with E-state index in [1.165, 1.54) is 0 Å². The molecule has 2 aromatic carbocycles. The molecule has 4 heteroatoms. The first kappa shape index (κ1) is 12.9. The minimum atomic E-state index is -0.214. The van der Waals surface area contributed by atoms with E-state index in [2.05, 4.69) is 15.9 Å². The number of rotatable bonds is 4. The number of hydrogen-bond donors (Lipinski definition) is 2. The van der Waals surface area contributed by atoms with Gasteiger partial charge in [-0.15, -0.1) is 0 Å². The van der Waals surface area contributed by atoms with Crippen LogP contribution in [0, 0.1) is 0 Å². The van der Waals surface area contributed by atoms with E-state index in [1.807, 2.05) is 24.3 Å². The first-order chi connectivity index (χ1) is 8.65. The molecular weight excluding hydrogens is 294 g/mol. The van der Waals surface area contributed by atoms with Crippen molar-refractivity contribution in [2.45, 2.75) is 6.04 Å². The molecule has 3 N–H and O–H groups in total. The van der Waals surface area contributed by atoms with Crippen LogP contribution in [0.2, 0.25) is 0 Å². The number of benzene rings is 2. The van der Waals surface area contributed by atoms with Crippen molar-refractivity contribution in [3.05, 3.63) is 58.6 Å². The molecule has 0 fully saturated rings. The molecule has 2 rings (SSSR count). The van der Waals surface area contributed by atoms with Gasteiger partial charge in [-0.2, -0.15) is 0 Å². The van der Waals surface area contributed by atoms with E-state index in [0.717, 1.165) is 15.8 Å². The second kappa shape index (κ2) is 5.89. The molecule has 0 heterocycles. The fourth-order valence-electron chi connectivity index (χ4n) is 1.53. The van der Waals surface area contributed by atoms with Crippen LogP contribution in [0.5, 0.6) is 11.5 Å². The van der Waals surface area contributed by atoms with Gasteiger partial charge in [0.25, 0.3) is 0 Å². The van der Waals surface area contributed by atoms with Gasteiger partial charge >= 0.3 is 0 Å². The van der Waals surface area contributed by atoms with Gasteiger partial charge in [0, 0.05) is 4.47 Å². The molecule has 2 aromatic rings. The number of aromatic hydroxyl groups is 1. The van der Waals surface area contributed by atoms with E-state index in [1.54, 1.807) is 24.3 Å². The zero-order valence-corrected chi connectivity index (χ0v) is 11.3. The Kier molecular flexibility index (Phi) is 4.23. The number of halogens is 1. The summed E-state index contributed by atoms with van der Waals surface area (Å²) >= 11 is 3.37. The molecule has 0 aliphatic heterocycles. The normalized spacial score (nSPS) is 12.1. The molecule has 1 unspecified atom stereocenters. The molecule has 3 nitrogen and oxygen atoms in total. The van der Waals surface area contributed by atoms with E-state index in [4.69, 9.17) is 10.5 Å². The molecule has 0 amide bonds.